The van der Waals surface area contributed by atoms with E-state index in [2.05, 4.69) is 10.3 Å². The molecule has 0 bridgehead atoms. The van der Waals surface area contributed by atoms with Gasteiger partial charge in [0.15, 0.2) is 0 Å². The van der Waals surface area contributed by atoms with Crippen LogP contribution in [0.1, 0.15) is 26.0 Å². The van der Waals surface area contributed by atoms with Crippen molar-refractivity contribution in [1.82, 2.24) is 4.98 Å². The predicted octanol–water partition coefficient (Wildman–Crippen LogP) is 3.33. The smallest absolute Gasteiger partial charge is 0.384 e. The lowest BCUT2D eigenvalue weighted by molar-refractivity contribution is -0.141. The molecule has 102 valence electrons. The molecule has 0 spiro atoms. The third-order valence-corrected chi connectivity index (χ3v) is 2.66. The zero-order valence-electron chi connectivity index (χ0n) is 10.6. The number of methoxy groups -OCH3 is 1. The molecule has 3 nitrogen and oxygen atoms in total. The van der Waals surface area contributed by atoms with Gasteiger partial charge in [0, 0.05) is 13.7 Å². The summed E-state index contributed by atoms with van der Waals surface area (Å²) in [6.45, 7) is 4.49. The molecule has 1 heterocycles. The van der Waals surface area contributed by atoms with Gasteiger partial charge < -0.3 is 10.1 Å². The minimum atomic E-state index is -4.39. The van der Waals surface area contributed by atoms with Gasteiger partial charge in [0.1, 0.15) is 5.69 Å². The fourth-order valence-electron chi connectivity index (χ4n) is 1.28. The third-order valence-electron chi connectivity index (χ3n) is 2.66. The fraction of sp³-hybridized carbons (Fsp3) is 0.583. The molecule has 0 unspecified atom stereocenters. The number of aromatic nitrogens is 1. The molecule has 18 heavy (non-hydrogen) atoms. The molecule has 0 saturated heterocycles. The van der Waals surface area contributed by atoms with Crippen LogP contribution in [0.4, 0.5) is 18.9 Å². The van der Waals surface area contributed by atoms with Gasteiger partial charge in [0.05, 0.1) is 17.5 Å². The van der Waals surface area contributed by atoms with Crippen LogP contribution in [0, 0.1) is 0 Å². The summed E-state index contributed by atoms with van der Waals surface area (Å²) in [5, 5.41) is 3.00. The number of halogens is 3. The Kier molecular flexibility index (Phi) is 4.56. The number of alkyl halides is 3. The molecular formula is C12H17F3N2O. The Bertz CT molecular complexity index is 374. The number of pyridine rings is 1. The van der Waals surface area contributed by atoms with E-state index in [1.807, 2.05) is 13.8 Å². The highest BCUT2D eigenvalue weighted by Crippen LogP contribution is 2.27. The van der Waals surface area contributed by atoms with Crippen molar-refractivity contribution in [2.45, 2.75) is 32.0 Å². The lowest BCUT2D eigenvalue weighted by atomic mass is 10.1. The van der Waals surface area contributed by atoms with Crippen LogP contribution in [-0.2, 0) is 10.9 Å². The molecule has 1 aromatic rings. The first-order valence-corrected chi connectivity index (χ1v) is 5.57. The van der Waals surface area contributed by atoms with Crippen LogP contribution >= 0.6 is 0 Å². The molecule has 0 atom stereocenters. The summed E-state index contributed by atoms with van der Waals surface area (Å²) in [7, 11) is 1.62. The number of anilines is 1. The Morgan fingerprint density at radius 3 is 2.39 bits per heavy atom. The quantitative estimate of drug-likeness (QED) is 0.883. The van der Waals surface area contributed by atoms with Crippen LogP contribution in [-0.4, -0.2) is 24.2 Å². The van der Waals surface area contributed by atoms with E-state index in [0.29, 0.717) is 12.2 Å². The molecule has 1 rings (SSSR count). The molecule has 0 aromatic carbocycles. The first kappa shape index (κ1) is 14.8. The standard InChI is InChI=1S/C12H17F3N2O/c1-11(2,18-3)6-7-16-9-4-5-10(17-8-9)12(13,14)15/h4-5,8,16H,6-7H2,1-3H3. The molecule has 1 aromatic heterocycles. The lowest BCUT2D eigenvalue weighted by Gasteiger charge is -2.23. The van der Waals surface area contributed by atoms with Gasteiger partial charge in [0.2, 0.25) is 0 Å². The molecule has 0 saturated carbocycles. The monoisotopic (exact) mass is 262 g/mol. The highest BCUT2D eigenvalue weighted by molar-refractivity contribution is 5.41. The summed E-state index contributed by atoms with van der Waals surface area (Å²) in [5.41, 5.74) is -0.577. The van der Waals surface area contributed by atoms with Crippen molar-refractivity contribution < 1.29 is 17.9 Å². The van der Waals surface area contributed by atoms with Crippen LogP contribution in [0.15, 0.2) is 18.3 Å². The Balaban J connectivity index is 2.50. The van der Waals surface area contributed by atoms with Crippen LogP contribution in [0.2, 0.25) is 0 Å². The van der Waals surface area contributed by atoms with Crippen molar-refractivity contribution >= 4 is 5.69 Å². The Morgan fingerprint density at radius 1 is 1.28 bits per heavy atom. The van der Waals surface area contributed by atoms with Crippen molar-refractivity contribution in [2.24, 2.45) is 0 Å². The van der Waals surface area contributed by atoms with Gasteiger partial charge in [-0.1, -0.05) is 0 Å². The number of hydrogen-bond acceptors (Lipinski definition) is 3. The van der Waals surface area contributed by atoms with Gasteiger partial charge in [-0.2, -0.15) is 13.2 Å². The van der Waals surface area contributed by atoms with E-state index >= 15 is 0 Å². The van der Waals surface area contributed by atoms with Crippen LogP contribution < -0.4 is 5.32 Å². The van der Waals surface area contributed by atoms with E-state index in [9.17, 15) is 13.2 Å². The van der Waals surface area contributed by atoms with E-state index < -0.39 is 11.9 Å². The number of rotatable bonds is 5. The highest BCUT2D eigenvalue weighted by atomic mass is 19.4. The van der Waals surface area contributed by atoms with Crippen molar-refractivity contribution in [2.75, 3.05) is 19.0 Å². The van der Waals surface area contributed by atoms with Crippen LogP contribution in [0.25, 0.3) is 0 Å². The molecular weight excluding hydrogens is 245 g/mol. The molecule has 6 heteroatoms. The number of ether oxygens (including phenoxy) is 1. The van der Waals surface area contributed by atoms with Gasteiger partial charge in [-0.25, -0.2) is 4.98 Å². The van der Waals surface area contributed by atoms with Crippen LogP contribution in [0.5, 0.6) is 0 Å². The lowest BCUT2D eigenvalue weighted by Crippen LogP contribution is -2.25. The molecule has 0 amide bonds. The van der Waals surface area contributed by atoms with E-state index in [-0.39, 0.29) is 5.60 Å². The molecule has 0 radical (unpaired) electrons. The first-order valence-electron chi connectivity index (χ1n) is 5.57. The highest BCUT2D eigenvalue weighted by Gasteiger charge is 2.31. The van der Waals surface area contributed by atoms with E-state index in [1.54, 1.807) is 7.11 Å². The van der Waals surface area contributed by atoms with Gasteiger partial charge >= 0.3 is 6.18 Å². The topological polar surface area (TPSA) is 34.1 Å². The zero-order valence-corrected chi connectivity index (χ0v) is 10.6. The average molecular weight is 262 g/mol. The fourth-order valence-corrected chi connectivity index (χ4v) is 1.28. The number of nitrogens with zero attached hydrogens (tertiary/aromatic N) is 1. The summed E-state index contributed by atoms with van der Waals surface area (Å²) in [6.07, 6.45) is -2.47. The zero-order chi connectivity index (χ0) is 13.8. The Morgan fingerprint density at radius 2 is 1.94 bits per heavy atom. The normalized spacial score (nSPS) is 12.6. The summed E-state index contributed by atoms with van der Waals surface area (Å²) in [4.78, 5) is 3.37. The maximum Gasteiger partial charge on any atom is 0.433 e. The van der Waals surface area contributed by atoms with Crippen molar-refractivity contribution in [1.29, 1.82) is 0 Å². The predicted molar refractivity (Wildman–Crippen MR) is 63.4 cm³/mol. The molecule has 0 aliphatic rings. The van der Waals surface area contributed by atoms with Gasteiger partial charge in [0.25, 0.3) is 0 Å². The second kappa shape index (κ2) is 5.56. The summed E-state index contributed by atoms with van der Waals surface area (Å²) in [6, 6.07) is 2.33. The Labute approximate surface area is 104 Å². The van der Waals surface area contributed by atoms with Crippen LogP contribution in [0.3, 0.4) is 0 Å². The van der Waals surface area contributed by atoms with Gasteiger partial charge in [-0.15, -0.1) is 0 Å². The average Bonchev–Trinajstić information content (AvgIpc) is 2.28. The summed E-state index contributed by atoms with van der Waals surface area (Å²) >= 11 is 0. The SMILES string of the molecule is COC(C)(C)CCNc1ccc(C(F)(F)F)nc1. The molecule has 0 aliphatic heterocycles. The van der Waals surface area contributed by atoms with Gasteiger partial charge in [-0.05, 0) is 32.4 Å². The van der Waals surface area contributed by atoms with E-state index in [0.717, 1.165) is 12.5 Å². The summed E-state index contributed by atoms with van der Waals surface area (Å²) < 4.78 is 42.1. The van der Waals surface area contributed by atoms with Crippen molar-refractivity contribution in [3.8, 4) is 0 Å². The second-order valence-corrected chi connectivity index (χ2v) is 4.57. The van der Waals surface area contributed by atoms with E-state index in [1.165, 1.54) is 12.3 Å². The Hall–Kier alpha value is -1.30. The molecule has 1 N–H and O–H groups in total. The number of hydrogen-bond donors (Lipinski definition) is 1. The first-order chi connectivity index (χ1) is 8.24. The van der Waals surface area contributed by atoms with Gasteiger partial charge in [-0.3, -0.25) is 0 Å². The molecule has 0 fully saturated rings. The summed E-state index contributed by atoms with van der Waals surface area (Å²) in [5.74, 6) is 0. The van der Waals surface area contributed by atoms with E-state index in [4.69, 9.17) is 4.74 Å². The maximum atomic E-state index is 12.3. The van der Waals surface area contributed by atoms with Crippen molar-refractivity contribution in [3.63, 3.8) is 0 Å². The number of nitrogens with one attached hydrogen (secondary N) is 1. The maximum absolute atomic E-state index is 12.3. The second-order valence-electron chi connectivity index (χ2n) is 4.57. The third kappa shape index (κ3) is 4.52. The largest absolute Gasteiger partial charge is 0.433 e. The minimum Gasteiger partial charge on any atom is -0.384 e. The van der Waals surface area contributed by atoms with Crippen molar-refractivity contribution in [3.05, 3.63) is 24.0 Å². The molecule has 0 aliphatic carbocycles. The minimum absolute atomic E-state index is 0.258.